The van der Waals surface area contributed by atoms with Gasteiger partial charge in [0.2, 0.25) is 0 Å². The topological polar surface area (TPSA) is 67.6 Å². The van der Waals surface area contributed by atoms with Gasteiger partial charge in [0.05, 0.1) is 5.69 Å². The Bertz CT molecular complexity index is 543. The normalized spacial score (nSPS) is 11.8. The number of hydrogen-bond acceptors (Lipinski definition) is 3. The van der Waals surface area contributed by atoms with E-state index < -0.39 is 5.92 Å². The van der Waals surface area contributed by atoms with Crippen LogP contribution in [0, 0.1) is 6.92 Å². The molecule has 2 rings (SSSR count). The third kappa shape index (κ3) is 2.25. The molecule has 0 aliphatic rings. The Hall–Kier alpha value is -1.98. The van der Waals surface area contributed by atoms with E-state index >= 15 is 0 Å². The van der Waals surface area contributed by atoms with Gasteiger partial charge in [-0.05, 0) is 19.1 Å². The standard InChI is InChI=1S/C11H12F2N4/c1-6-7(3-4-9(14)16-6)8-5-15-10(17-8)11(2,12)13/h3-5H,1-2H3,(H2,14,16)(H,15,17). The molecule has 0 saturated carbocycles. The Morgan fingerprint density at radius 3 is 2.53 bits per heavy atom. The summed E-state index contributed by atoms with van der Waals surface area (Å²) in [7, 11) is 0. The predicted molar refractivity (Wildman–Crippen MR) is 60.5 cm³/mol. The van der Waals surface area contributed by atoms with Crippen molar-refractivity contribution < 1.29 is 8.78 Å². The van der Waals surface area contributed by atoms with Gasteiger partial charge < -0.3 is 10.7 Å². The van der Waals surface area contributed by atoms with Crippen molar-refractivity contribution in [2.45, 2.75) is 19.8 Å². The molecule has 0 aliphatic heterocycles. The molecular weight excluding hydrogens is 226 g/mol. The lowest BCUT2D eigenvalue weighted by atomic mass is 10.1. The van der Waals surface area contributed by atoms with Crippen LogP contribution in [-0.4, -0.2) is 15.0 Å². The smallest absolute Gasteiger partial charge is 0.301 e. The van der Waals surface area contributed by atoms with Gasteiger partial charge in [-0.2, -0.15) is 8.78 Å². The van der Waals surface area contributed by atoms with Crippen LogP contribution < -0.4 is 5.73 Å². The fourth-order valence-electron chi connectivity index (χ4n) is 1.54. The molecule has 90 valence electrons. The van der Waals surface area contributed by atoms with E-state index in [0.29, 0.717) is 22.8 Å². The van der Waals surface area contributed by atoms with Gasteiger partial charge in [0, 0.05) is 24.4 Å². The Kier molecular flexibility index (Phi) is 2.57. The highest BCUT2D eigenvalue weighted by atomic mass is 19.3. The van der Waals surface area contributed by atoms with Gasteiger partial charge in [0.1, 0.15) is 5.82 Å². The fraction of sp³-hybridized carbons (Fsp3) is 0.273. The van der Waals surface area contributed by atoms with E-state index in [1.54, 1.807) is 19.1 Å². The van der Waals surface area contributed by atoms with Gasteiger partial charge in [-0.25, -0.2) is 9.97 Å². The van der Waals surface area contributed by atoms with Crippen molar-refractivity contribution in [3.63, 3.8) is 0 Å². The van der Waals surface area contributed by atoms with Crippen molar-refractivity contribution in [2.75, 3.05) is 5.73 Å². The van der Waals surface area contributed by atoms with Crippen molar-refractivity contribution in [3.05, 3.63) is 29.8 Å². The van der Waals surface area contributed by atoms with Gasteiger partial charge in [-0.3, -0.25) is 0 Å². The molecule has 2 aromatic heterocycles. The zero-order chi connectivity index (χ0) is 12.6. The third-order valence-corrected chi connectivity index (χ3v) is 2.38. The number of nitrogen functional groups attached to an aromatic ring is 1. The summed E-state index contributed by atoms with van der Waals surface area (Å²) in [6, 6.07) is 3.33. The van der Waals surface area contributed by atoms with Crippen molar-refractivity contribution in [3.8, 4) is 11.3 Å². The van der Waals surface area contributed by atoms with Crippen LogP contribution in [0.15, 0.2) is 18.3 Å². The predicted octanol–water partition coefficient (Wildman–Crippen LogP) is 2.47. The minimum Gasteiger partial charge on any atom is -0.384 e. The lowest BCUT2D eigenvalue weighted by Gasteiger charge is -2.05. The lowest BCUT2D eigenvalue weighted by Crippen LogP contribution is -2.09. The molecule has 0 bridgehead atoms. The first-order chi connectivity index (χ1) is 7.88. The van der Waals surface area contributed by atoms with E-state index in [1.165, 1.54) is 6.20 Å². The molecule has 2 aromatic rings. The van der Waals surface area contributed by atoms with Crippen LogP contribution in [-0.2, 0) is 5.92 Å². The van der Waals surface area contributed by atoms with Gasteiger partial charge in [-0.15, -0.1) is 0 Å². The van der Waals surface area contributed by atoms with E-state index in [-0.39, 0.29) is 5.82 Å². The van der Waals surface area contributed by atoms with Crippen LogP contribution in [0.25, 0.3) is 11.3 Å². The average Bonchev–Trinajstić information content (AvgIpc) is 2.65. The number of nitrogens with zero attached hydrogens (tertiary/aromatic N) is 2. The Morgan fingerprint density at radius 2 is 2.00 bits per heavy atom. The second kappa shape index (κ2) is 3.80. The monoisotopic (exact) mass is 238 g/mol. The van der Waals surface area contributed by atoms with E-state index in [2.05, 4.69) is 15.0 Å². The fourth-order valence-corrected chi connectivity index (χ4v) is 1.54. The number of aromatic nitrogens is 3. The molecule has 0 amide bonds. The molecule has 0 aliphatic carbocycles. The Labute approximate surface area is 96.9 Å². The van der Waals surface area contributed by atoms with E-state index in [9.17, 15) is 8.78 Å². The van der Waals surface area contributed by atoms with E-state index in [4.69, 9.17) is 5.73 Å². The number of H-pyrrole nitrogens is 1. The van der Waals surface area contributed by atoms with Crippen LogP contribution in [0.4, 0.5) is 14.6 Å². The molecule has 0 atom stereocenters. The number of aryl methyl sites for hydroxylation is 1. The molecule has 6 heteroatoms. The summed E-state index contributed by atoms with van der Waals surface area (Å²) in [6.45, 7) is 2.55. The molecule has 17 heavy (non-hydrogen) atoms. The molecule has 0 unspecified atom stereocenters. The van der Waals surface area contributed by atoms with Crippen molar-refractivity contribution >= 4 is 5.82 Å². The molecule has 3 N–H and O–H groups in total. The minimum absolute atomic E-state index is 0.358. The quantitative estimate of drug-likeness (QED) is 0.844. The largest absolute Gasteiger partial charge is 0.384 e. The molecule has 0 radical (unpaired) electrons. The Morgan fingerprint density at radius 1 is 1.29 bits per heavy atom. The molecule has 0 aromatic carbocycles. The second-order valence-electron chi connectivity index (χ2n) is 3.89. The van der Waals surface area contributed by atoms with Crippen LogP contribution in [0.2, 0.25) is 0 Å². The zero-order valence-corrected chi connectivity index (χ0v) is 9.46. The van der Waals surface area contributed by atoms with Gasteiger partial charge >= 0.3 is 5.92 Å². The number of anilines is 1. The molecule has 0 saturated heterocycles. The summed E-state index contributed by atoms with van der Waals surface area (Å²) in [6.07, 6.45) is 1.44. The van der Waals surface area contributed by atoms with Crippen LogP contribution in [0.3, 0.4) is 0 Å². The second-order valence-corrected chi connectivity index (χ2v) is 3.89. The maximum absolute atomic E-state index is 13.0. The number of pyridine rings is 1. The number of alkyl halides is 2. The van der Waals surface area contributed by atoms with E-state index in [0.717, 1.165) is 6.92 Å². The number of halogens is 2. The Balaban J connectivity index is 2.44. The lowest BCUT2D eigenvalue weighted by molar-refractivity contribution is 0.00864. The summed E-state index contributed by atoms with van der Waals surface area (Å²) in [5.41, 5.74) is 7.30. The zero-order valence-electron chi connectivity index (χ0n) is 9.46. The molecule has 2 heterocycles. The molecular formula is C11H12F2N4. The van der Waals surface area contributed by atoms with Crippen LogP contribution in [0.1, 0.15) is 18.4 Å². The summed E-state index contributed by atoms with van der Waals surface area (Å²) in [5, 5.41) is 0. The first kappa shape index (κ1) is 11.5. The van der Waals surface area contributed by atoms with E-state index in [1.807, 2.05) is 0 Å². The minimum atomic E-state index is -2.98. The van der Waals surface area contributed by atoms with Crippen LogP contribution >= 0.6 is 0 Å². The van der Waals surface area contributed by atoms with Gasteiger partial charge in [-0.1, -0.05) is 0 Å². The summed E-state index contributed by atoms with van der Waals surface area (Å²) < 4.78 is 26.0. The third-order valence-electron chi connectivity index (χ3n) is 2.38. The number of nitrogens with two attached hydrogens (primary N) is 1. The van der Waals surface area contributed by atoms with Gasteiger partial charge in [0.25, 0.3) is 0 Å². The molecule has 4 nitrogen and oxygen atoms in total. The van der Waals surface area contributed by atoms with Gasteiger partial charge in [0.15, 0.2) is 5.82 Å². The van der Waals surface area contributed by atoms with Crippen molar-refractivity contribution in [1.29, 1.82) is 0 Å². The summed E-state index contributed by atoms with van der Waals surface area (Å²) in [5.74, 6) is -2.94. The van der Waals surface area contributed by atoms with Crippen molar-refractivity contribution in [1.82, 2.24) is 15.0 Å². The first-order valence-corrected chi connectivity index (χ1v) is 5.05. The highest BCUT2D eigenvalue weighted by Crippen LogP contribution is 2.27. The number of hydrogen-bond donors (Lipinski definition) is 2. The number of rotatable bonds is 2. The summed E-state index contributed by atoms with van der Waals surface area (Å²) in [4.78, 5) is 10.4. The highest BCUT2D eigenvalue weighted by molar-refractivity contribution is 5.62. The molecule has 0 fully saturated rings. The maximum atomic E-state index is 13.0. The highest BCUT2D eigenvalue weighted by Gasteiger charge is 2.28. The number of imidazole rings is 1. The number of aromatic amines is 1. The average molecular weight is 238 g/mol. The number of nitrogens with one attached hydrogen (secondary N) is 1. The first-order valence-electron chi connectivity index (χ1n) is 5.05. The maximum Gasteiger partial charge on any atom is 0.301 e. The van der Waals surface area contributed by atoms with Crippen LogP contribution in [0.5, 0.6) is 0 Å². The SMILES string of the molecule is Cc1nc(N)ccc1-c1c[nH]c(C(C)(F)F)n1. The van der Waals surface area contributed by atoms with Crippen molar-refractivity contribution in [2.24, 2.45) is 0 Å². The molecule has 0 spiro atoms. The summed E-state index contributed by atoms with van der Waals surface area (Å²) >= 11 is 0.